The summed E-state index contributed by atoms with van der Waals surface area (Å²) in [7, 11) is 0. The molecule has 9 nitrogen and oxygen atoms in total. The summed E-state index contributed by atoms with van der Waals surface area (Å²) in [6.45, 7) is 3.16. The smallest absolute Gasteiger partial charge is 0.339 e. The van der Waals surface area contributed by atoms with Crippen LogP contribution in [-0.2, 0) is 4.79 Å². The van der Waals surface area contributed by atoms with Gasteiger partial charge in [-0.25, -0.2) is 4.52 Å². The second-order valence-corrected chi connectivity index (χ2v) is 11.8. The Balaban J connectivity index is 1.10. The van der Waals surface area contributed by atoms with E-state index in [1.807, 2.05) is 47.4 Å². The van der Waals surface area contributed by atoms with Crippen LogP contribution < -0.4 is 10.6 Å². The number of aromatic nitrogens is 3. The van der Waals surface area contributed by atoms with Crippen LogP contribution in [0.5, 0.6) is 0 Å². The monoisotopic (exact) mass is 595 g/mol. The van der Waals surface area contributed by atoms with Crippen molar-refractivity contribution in [3.8, 4) is 0 Å². The normalized spacial score (nSPS) is 21.2. The second-order valence-electron chi connectivity index (χ2n) is 11.8. The largest absolute Gasteiger partial charge is 0.389 e. The van der Waals surface area contributed by atoms with Gasteiger partial charge in [0.05, 0.1) is 6.42 Å². The number of nitrogens with one attached hydrogen (secondary N) is 2. The van der Waals surface area contributed by atoms with Crippen molar-refractivity contribution >= 4 is 34.7 Å². The third-order valence-corrected chi connectivity index (χ3v) is 8.73. The van der Waals surface area contributed by atoms with Gasteiger partial charge in [0.15, 0.2) is 5.65 Å². The Labute approximate surface area is 248 Å². The highest BCUT2D eigenvalue weighted by atomic mass is 19.4. The molecule has 2 N–H and O–H groups in total. The molecule has 228 valence electrons. The maximum absolute atomic E-state index is 13.3. The van der Waals surface area contributed by atoms with E-state index in [0.29, 0.717) is 30.1 Å². The van der Waals surface area contributed by atoms with Crippen LogP contribution in [0, 0.1) is 0 Å². The van der Waals surface area contributed by atoms with Crippen molar-refractivity contribution in [3.05, 3.63) is 59.8 Å². The molecule has 2 saturated heterocycles. The van der Waals surface area contributed by atoms with Crippen molar-refractivity contribution in [1.29, 1.82) is 0 Å². The minimum atomic E-state index is -4.34. The van der Waals surface area contributed by atoms with Crippen LogP contribution in [0.3, 0.4) is 0 Å². The fourth-order valence-corrected chi connectivity index (χ4v) is 6.45. The Kier molecular flexibility index (Phi) is 8.13. The van der Waals surface area contributed by atoms with Gasteiger partial charge in [0.2, 0.25) is 11.9 Å². The molecular weight excluding hydrogens is 559 g/mol. The van der Waals surface area contributed by atoms with Gasteiger partial charge in [0.25, 0.3) is 5.91 Å². The van der Waals surface area contributed by atoms with Gasteiger partial charge in [-0.05, 0) is 80.6 Å². The lowest BCUT2D eigenvalue weighted by Crippen LogP contribution is -2.59. The number of nitrogens with zero attached hydrogens (tertiary/aromatic N) is 5. The van der Waals surface area contributed by atoms with Crippen LogP contribution in [-0.4, -0.2) is 80.7 Å². The van der Waals surface area contributed by atoms with E-state index in [9.17, 15) is 22.8 Å². The predicted molar refractivity (Wildman–Crippen MR) is 157 cm³/mol. The zero-order chi connectivity index (χ0) is 30.0. The highest BCUT2D eigenvalue weighted by Crippen LogP contribution is 2.31. The maximum Gasteiger partial charge on any atom is 0.389 e. The Morgan fingerprint density at radius 3 is 2.56 bits per heavy atom. The van der Waals surface area contributed by atoms with Gasteiger partial charge in [0.1, 0.15) is 0 Å². The van der Waals surface area contributed by atoms with E-state index in [1.165, 1.54) is 17.7 Å². The molecule has 0 radical (unpaired) electrons. The number of likely N-dealkylation sites (tertiary alicyclic amines) is 1. The molecule has 1 aromatic carbocycles. The molecule has 1 atom stereocenters. The molecular formula is C31H36F3N7O2. The zero-order valence-corrected chi connectivity index (χ0v) is 24.0. The van der Waals surface area contributed by atoms with Crippen LogP contribution >= 0.6 is 0 Å². The number of pyridine rings is 1. The van der Waals surface area contributed by atoms with Gasteiger partial charge in [0, 0.05) is 61.1 Å². The molecule has 3 aliphatic rings. The number of alkyl halides is 3. The Morgan fingerprint density at radius 2 is 1.84 bits per heavy atom. The molecule has 2 aromatic heterocycles. The topological polar surface area (TPSA) is 94.9 Å². The van der Waals surface area contributed by atoms with Crippen molar-refractivity contribution in [1.82, 2.24) is 29.7 Å². The second kappa shape index (κ2) is 12.0. The lowest BCUT2D eigenvalue weighted by atomic mass is 9.81. The summed E-state index contributed by atoms with van der Waals surface area (Å²) in [4.78, 5) is 33.6. The number of benzene rings is 1. The van der Waals surface area contributed by atoms with E-state index in [0.717, 1.165) is 55.7 Å². The lowest BCUT2D eigenvalue weighted by molar-refractivity contribution is -0.148. The quantitative estimate of drug-likeness (QED) is 0.408. The Hall–Kier alpha value is -3.93. The molecule has 2 amide bonds. The van der Waals surface area contributed by atoms with E-state index in [2.05, 4.69) is 20.7 Å². The Bertz CT molecular complexity index is 1500. The van der Waals surface area contributed by atoms with E-state index in [4.69, 9.17) is 0 Å². The number of piperidine rings is 2. The highest BCUT2D eigenvalue weighted by Gasteiger charge is 2.38. The number of hydrogen-bond donors (Lipinski definition) is 2. The summed E-state index contributed by atoms with van der Waals surface area (Å²) in [6, 6.07) is 11.1. The molecule has 0 bridgehead atoms. The van der Waals surface area contributed by atoms with Crippen LogP contribution in [0.4, 0.5) is 24.8 Å². The van der Waals surface area contributed by atoms with Crippen LogP contribution in [0.25, 0.3) is 11.2 Å². The van der Waals surface area contributed by atoms with E-state index >= 15 is 0 Å². The minimum Gasteiger partial charge on any atom is -0.339 e. The highest BCUT2D eigenvalue weighted by molar-refractivity contribution is 5.94. The summed E-state index contributed by atoms with van der Waals surface area (Å²) in [5, 5.41) is 11.5. The van der Waals surface area contributed by atoms with Crippen LogP contribution in [0.15, 0.2) is 48.7 Å². The standard InChI is InChI=1S/C31H36F3N7O2/c32-31(33,34)15-10-26(42)39-19-11-22(12-20-39)25-5-3-18-41-27(25)37-29(38-41)36-24-8-6-23(7-9-24)28(43)40-17-4-14-30(21-40)13-1-2-16-35-30/h3,5-9,11,18,35H,1-2,4,10,12-17,19-21H2,(H,36,38). The van der Waals surface area contributed by atoms with Crippen molar-refractivity contribution in [2.45, 2.75) is 63.1 Å². The molecule has 2 fully saturated rings. The molecule has 1 spiro atoms. The fourth-order valence-electron chi connectivity index (χ4n) is 6.45. The number of carbonyl (C=O) groups is 2. The van der Waals surface area contributed by atoms with Crippen LogP contribution in [0.1, 0.15) is 67.3 Å². The zero-order valence-electron chi connectivity index (χ0n) is 24.0. The molecule has 43 heavy (non-hydrogen) atoms. The first-order chi connectivity index (χ1) is 20.7. The number of carbonyl (C=O) groups excluding carboxylic acids is 2. The van der Waals surface area contributed by atoms with Gasteiger partial charge in [-0.1, -0.05) is 12.5 Å². The SMILES string of the molecule is O=C(CCC(F)(F)F)N1CC=C(c2cccn3nc(Nc4ccc(C(=O)N5CCCC6(CCCCN6)C5)cc4)nc23)CC1. The first-order valence-electron chi connectivity index (χ1n) is 15.0. The molecule has 6 rings (SSSR count). The molecule has 0 aliphatic carbocycles. The third kappa shape index (κ3) is 6.69. The van der Waals surface area contributed by atoms with Gasteiger partial charge >= 0.3 is 6.18 Å². The predicted octanol–water partition coefficient (Wildman–Crippen LogP) is 5.18. The molecule has 1 unspecified atom stereocenters. The third-order valence-electron chi connectivity index (χ3n) is 8.73. The summed E-state index contributed by atoms with van der Waals surface area (Å²) in [5.41, 5.74) is 3.92. The van der Waals surface area contributed by atoms with Gasteiger partial charge < -0.3 is 20.4 Å². The molecule has 5 heterocycles. The first kappa shape index (κ1) is 29.2. The molecule has 3 aliphatic heterocycles. The van der Waals surface area contributed by atoms with Crippen molar-refractivity contribution in [2.75, 3.05) is 38.0 Å². The number of halogens is 3. The first-order valence-corrected chi connectivity index (χ1v) is 15.0. The maximum atomic E-state index is 13.3. The number of fused-ring (bicyclic) bond motifs is 1. The Morgan fingerprint density at radius 1 is 1.02 bits per heavy atom. The van der Waals surface area contributed by atoms with E-state index < -0.39 is 24.9 Å². The van der Waals surface area contributed by atoms with E-state index in [-0.39, 0.29) is 18.0 Å². The summed E-state index contributed by atoms with van der Waals surface area (Å²) >= 11 is 0. The fraction of sp³-hybridized carbons (Fsp3) is 0.484. The molecule has 12 heteroatoms. The summed E-state index contributed by atoms with van der Waals surface area (Å²) < 4.78 is 39.2. The van der Waals surface area contributed by atoms with Gasteiger partial charge in [-0.15, -0.1) is 5.10 Å². The summed E-state index contributed by atoms with van der Waals surface area (Å²) in [5.74, 6) is -0.0447. The average molecular weight is 596 g/mol. The van der Waals surface area contributed by atoms with Crippen molar-refractivity contribution < 1.29 is 22.8 Å². The molecule has 3 aromatic rings. The minimum absolute atomic E-state index is 0.0508. The number of rotatable bonds is 6. The van der Waals surface area contributed by atoms with Crippen molar-refractivity contribution in [2.24, 2.45) is 0 Å². The number of hydrogen-bond acceptors (Lipinski definition) is 6. The number of anilines is 2. The van der Waals surface area contributed by atoms with Gasteiger partial charge in [-0.3, -0.25) is 9.59 Å². The average Bonchev–Trinajstić information content (AvgIpc) is 3.43. The van der Waals surface area contributed by atoms with Crippen LogP contribution in [0.2, 0.25) is 0 Å². The lowest BCUT2D eigenvalue weighted by Gasteiger charge is -2.46. The van der Waals surface area contributed by atoms with Crippen molar-refractivity contribution in [3.63, 3.8) is 0 Å². The number of amides is 2. The molecule has 0 saturated carbocycles. The van der Waals surface area contributed by atoms with Gasteiger partial charge in [-0.2, -0.15) is 18.2 Å². The van der Waals surface area contributed by atoms with E-state index in [1.54, 1.807) is 10.7 Å². The summed E-state index contributed by atoms with van der Waals surface area (Å²) in [6.07, 6.45) is 3.84.